The van der Waals surface area contributed by atoms with Crippen molar-refractivity contribution in [1.29, 1.82) is 0 Å². The fourth-order valence-corrected chi connectivity index (χ4v) is 2.29. The van der Waals surface area contributed by atoms with Crippen molar-refractivity contribution in [3.63, 3.8) is 0 Å². The summed E-state index contributed by atoms with van der Waals surface area (Å²) in [7, 11) is 0. The molecule has 0 fully saturated rings. The molecule has 0 saturated heterocycles. The topological polar surface area (TPSA) is 55.1 Å². The van der Waals surface area contributed by atoms with E-state index in [2.05, 4.69) is 34.8 Å². The van der Waals surface area contributed by atoms with Crippen LogP contribution in [0.1, 0.15) is 43.0 Å². The minimum Gasteiger partial charge on any atom is -0.399 e. The zero-order valence-corrected chi connectivity index (χ0v) is 12.3. The van der Waals surface area contributed by atoms with E-state index in [1.165, 1.54) is 19.3 Å². The molecule has 3 N–H and O–H groups in total. The Balaban J connectivity index is 2.41. The van der Waals surface area contributed by atoms with Crippen molar-refractivity contribution in [2.45, 2.75) is 32.6 Å². The van der Waals surface area contributed by atoms with Crippen molar-refractivity contribution in [3.05, 3.63) is 27.3 Å². The summed E-state index contributed by atoms with van der Waals surface area (Å²) in [6.45, 7) is 2.91. The maximum Gasteiger partial charge on any atom is 0.251 e. The lowest BCUT2D eigenvalue weighted by molar-refractivity contribution is 0.0953. The Bertz CT molecular complexity index is 359. The van der Waals surface area contributed by atoms with Gasteiger partial charge in [-0.2, -0.15) is 0 Å². The fourth-order valence-electron chi connectivity index (χ4n) is 1.60. The number of benzene rings is 1. The largest absolute Gasteiger partial charge is 0.399 e. The summed E-state index contributed by atoms with van der Waals surface area (Å²) in [5.74, 6) is -0.0354. The van der Waals surface area contributed by atoms with E-state index >= 15 is 0 Å². The van der Waals surface area contributed by atoms with E-state index in [0.29, 0.717) is 11.3 Å². The van der Waals surface area contributed by atoms with E-state index in [1.807, 2.05) is 12.1 Å². The number of amides is 1. The van der Waals surface area contributed by atoms with Crippen LogP contribution in [-0.2, 0) is 0 Å². The van der Waals surface area contributed by atoms with E-state index in [1.54, 1.807) is 6.07 Å². The zero-order valence-electron chi connectivity index (χ0n) is 10.1. The molecule has 94 valence electrons. The SMILES string of the molecule is CCCCCCNC(=O)c1cc(N)cc(I)c1. The van der Waals surface area contributed by atoms with Crippen molar-refractivity contribution < 1.29 is 4.79 Å². The molecule has 0 aliphatic heterocycles. The maximum atomic E-state index is 11.8. The lowest BCUT2D eigenvalue weighted by Crippen LogP contribution is -2.24. The van der Waals surface area contributed by atoms with Gasteiger partial charge in [0, 0.05) is 21.4 Å². The van der Waals surface area contributed by atoms with Crippen LogP contribution < -0.4 is 11.1 Å². The Kier molecular flexibility index (Phi) is 6.32. The van der Waals surface area contributed by atoms with Crippen LogP contribution >= 0.6 is 22.6 Å². The van der Waals surface area contributed by atoms with Crippen molar-refractivity contribution in [3.8, 4) is 0 Å². The number of carbonyl (C=O) groups is 1. The molecule has 0 saturated carbocycles. The second kappa shape index (κ2) is 7.53. The summed E-state index contributed by atoms with van der Waals surface area (Å²) in [6.07, 6.45) is 4.65. The van der Waals surface area contributed by atoms with Gasteiger partial charge in [-0.1, -0.05) is 26.2 Å². The molecular formula is C13H19IN2O. The summed E-state index contributed by atoms with van der Waals surface area (Å²) >= 11 is 2.16. The Morgan fingerprint density at radius 3 is 2.71 bits per heavy atom. The number of nitrogen functional groups attached to an aromatic ring is 1. The van der Waals surface area contributed by atoms with Gasteiger partial charge in [-0.15, -0.1) is 0 Å². The van der Waals surface area contributed by atoms with Crippen molar-refractivity contribution in [2.24, 2.45) is 0 Å². The number of carbonyl (C=O) groups excluding carboxylic acids is 1. The molecule has 1 aromatic rings. The predicted molar refractivity (Wildman–Crippen MR) is 80.0 cm³/mol. The number of unbranched alkanes of at least 4 members (excludes halogenated alkanes) is 3. The highest BCUT2D eigenvalue weighted by atomic mass is 127. The van der Waals surface area contributed by atoms with Crippen LogP contribution in [0.25, 0.3) is 0 Å². The first kappa shape index (κ1) is 14.3. The van der Waals surface area contributed by atoms with Crippen LogP contribution in [0.3, 0.4) is 0 Å². The van der Waals surface area contributed by atoms with E-state index in [4.69, 9.17) is 5.73 Å². The highest BCUT2D eigenvalue weighted by Gasteiger charge is 2.06. The Hall–Kier alpha value is -0.780. The number of halogens is 1. The first-order valence-corrected chi connectivity index (χ1v) is 7.05. The molecule has 1 rings (SSSR count). The van der Waals surface area contributed by atoms with Gasteiger partial charge >= 0.3 is 0 Å². The predicted octanol–water partition coefficient (Wildman–Crippen LogP) is 3.18. The lowest BCUT2D eigenvalue weighted by atomic mass is 10.2. The third-order valence-corrected chi connectivity index (χ3v) is 3.12. The first-order valence-electron chi connectivity index (χ1n) is 5.97. The van der Waals surface area contributed by atoms with Gasteiger partial charge in [-0.3, -0.25) is 4.79 Å². The summed E-state index contributed by atoms with van der Waals surface area (Å²) in [4.78, 5) is 11.8. The minimum atomic E-state index is -0.0354. The summed E-state index contributed by atoms with van der Waals surface area (Å²) < 4.78 is 0.985. The number of hydrogen-bond acceptors (Lipinski definition) is 2. The number of nitrogens with two attached hydrogens (primary N) is 1. The molecule has 0 spiro atoms. The fraction of sp³-hybridized carbons (Fsp3) is 0.462. The molecule has 0 bridgehead atoms. The molecule has 0 aromatic heterocycles. The summed E-state index contributed by atoms with van der Waals surface area (Å²) in [5, 5.41) is 2.91. The highest BCUT2D eigenvalue weighted by molar-refractivity contribution is 14.1. The molecule has 0 unspecified atom stereocenters. The van der Waals surface area contributed by atoms with Crippen molar-refractivity contribution in [2.75, 3.05) is 12.3 Å². The van der Waals surface area contributed by atoms with E-state index < -0.39 is 0 Å². The second-order valence-corrected chi connectivity index (χ2v) is 5.34. The number of rotatable bonds is 6. The molecule has 3 nitrogen and oxygen atoms in total. The quantitative estimate of drug-likeness (QED) is 0.472. The molecule has 1 amide bonds. The summed E-state index contributed by atoms with van der Waals surface area (Å²) in [5.41, 5.74) is 6.98. The van der Waals surface area contributed by atoms with Gasteiger partial charge in [0.2, 0.25) is 0 Å². The van der Waals surface area contributed by atoms with Crippen LogP contribution in [-0.4, -0.2) is 12.5 Å². The Labute approximate surface area is 116 Å². The van der Waals surface area contributed by atoms with E-state index in [0.717, 1.165) is 16.5 Å². The smallest absolute Gasteiger partial charge is 0.251 e. The molecule has 0 atom stereocenters. The number of hydrogen-bond donors (Lipinski definition) is 2. The van der Waals surface area contributed by atoms with E-state index in [-0.39, 0.29) is 5.91 Å². The van der Waals surface area contributed by atoms with Gasteiger partial charge in [0.15, 0.2) is 0 Å². The van der Waals surface area contributed by atoms with Crippen molar-refractivity contribution >= 4 is 34.2 Å². The van der Waals surface area contributed by atoms with E-state index in [9.17, 15) is 4.79 Å². The van der Waals surface area contributed by atoms with Crippen molar-refractivity contribution in [1.82, 2.24) is 5.32 Å². The molecule has 1 aromatic carbocycles. The molecule has 4 heteroatoms. The monoisotopic (exact) mass is 346 g/mol. The van der Waals surface area contributed by atoms with Gasteiger partial charge in [0.05, 0.1) is 0 Å². The molecule has 0 aliphatic rings. The lowest BCUT2D eigenvalue weighted by Gasteiger charge is -2.06. The Morgan fingerprint density at radius 1 is 1.29 bits per heavy atom. The average molecular weight is 346 g/mol. The number of anilines is 1. The molecule has 0 heterocycles. The minimum absolute atomic E-state index is 0.0354. The third-order valence-electron chi connectivity index (χ3n) is 2.50. The molecule has 0 aliphatic carbocycles. The van der Waals surface area contributed by atoms with Crippen LogP contribution in [0.15, 0.2) is 18.2 Å². The first-order chi connectivity index (χ1) is 8.13. The standard InChI is InChI=1S/C13H19IN2O/c1-2-3-4-5-6-16-13(17)10-7-11(14)9-12(15)8-10/h7-9H,2-6,15H2,1H3,(H,16,17). The van der Waals surface area contributed by atoms with Gasteiger partial charge in [-0.05, 0) is 47.2 Å². The van der Waals surface area contributed by atoms with Crippen LogP contribution in [0.2, 0.25) is 0 Å². The zero-order chi connectivity index (χ0) is 12.7. The normalized spacial score (nSPS) is 10.2. The molecular weight excluding hydrogens is 327 g/mol. The molecule has 17 heavy (non-hydrogen) atoms. The Morgan fingerprint density at radius 2 is 2.06 bits per heavy atom. The van der Waals surface area contributed by atoms with Gasteiger partial charge in [-0.25, -0.2) is 0 Å². The molecule has 0 radical (unpaired) electrons. The van der Waals surface area contributed by atoms with Crippen LogP contribution in [0.4, 0.5) is 5.69 Å². The highest BCUT2D eigenvalue weighted by Crippen LogP contribution is 2.13. The van der Waals surface area contributed by atoms with Crippen LogP contribution in [0.5, 0.6) is 0 Å². The number of nitrogens with one attached hydrogen (secondary N) is 1. The second-order valence-electron chi connectivity index (χ2n) is 4.09. The third kappa shape index (κ3) is 5.39. The average Bonchev–Trinajstić information content (AvgIpc) is 2.27. The maximum absolute atomic E-state index is 11.8. The van der Waals surface area contributed by atoms with Gasteiger partial charge in [0.25, 0.3) is 5.91 Å². The van der Waals surface area contributed by atoms with Gasteiger partial charge < -0.3 is 11.1 Å². The van der Waals surface area contributed by atoms with Gasteiger partial charge in [0.1, 0.15) is 0 Å². The van der Waals surface area contributed by atoms with Crippen LogP contribution in [0, 0.1) is 3.57 Å². The summed E-state index contributed by atoms with van der Waals surface area (Å²) in [6, 6.07) is 5.40.